The minimum atomic E-state index is 0. The molecule has 0 aromatic heterocycles. The molecule has 1 aromatic carbocycles. The molecular formula is C8H11NaO2. The van der Waals surface area contributed by atoms with Crippen LogP contribution < -0.4 is 4.74 Å². The summed E-state index contributed by atoms with van der Waals surface area (Å²) in [4.78, 5) is 0. The third-order valence-corrected chi connectivity index (χ3v) is 1.40. The second-order valence-corrected chi connectivity index (χ2v) is 2.13. The summed E-state index contributed by atoms with van der Waals surface area (Å²) >= 11 is 0. The fraction of sp³-hybridized carbons (Fsp3) is 0.250. The molecule has 11 heavy (non-hydrogen) atoms. The first-order valence-corrected chi connectivity index (χ1v) is 3.08. The number of aromatic hydroxyl groups is 1. The van der Waals surface area contributed by atoms with E-state index in [1.807, 2.05) is 13.0 Å². The van der Waals surface area contributed by atoms with Gasteiger partial charge in [0.05, 0.1) is 7.11 Å². The second kappa shape index (κ2) is 4.65. The zero-order chi connectivity index (χ0) is 7.56. The van der Waals surface area contributed by atoms with Crippen molar-refractivity contribution in [3.05, 3.63) is 23.8 Å². The molecule has 0 aliphatic rings. The van der Waals surface area contributed by atoms with Gasteiger partial charge in [0.1, 0.15) is 0 Å². The fourth-order valence-corrected chi connectivity index (χ4v) is 0.903. The third kappa shape index (κ3) is 2.40. The van der Waals surface area contributed by atoms with E-state index < -0.39 is 0 Å². The van der Waals surface area contributed by atoms with Crippen molar-refractivity contribution in [2.45, 2.75) is 6.92 Å². The Hall–Kier alpha value is -0.180. The molecule has 2 nitrogen and oxygen atoms in total. The molecule has 3 heteroatoms. The Morgan fingerprint density at radius 2 is 2.00 bits per heavy atom. The molecule has 0 saturated heterocycles. The Kier molecular flexibility index (Phi) is 4.57. The number of rotatable bonds is 1. The van der Waals surface area contributed by atoms with Gasteiger partial charge in [-0.25, -0.2) is 0 Å². The van der Waals surface area contributed by atoms with E-state index in [0.717, 1.165) is 5.56 Å². The maximum atomic E-state index is 9.17. The molecule has 56 valence electrons. The number of phenols is 1. The van der Waals surface area contributed by atoms with Crippen LogP contribution in [0, 0.1) is 6.92 Å². The van der Waals surface area contributed by atoms with Crippen molar-refractivity contribution in [1.29, 1.82) is 0 Å². The first kappa shape index (κ1) is 10.8. The van der Waals surface area contributed by atoms with E-state index in [4.69, 9.17) is 9.84 Å². The summed E-state index contributed by atoms with van der Waals surface area (Å²) in [7, 11) is 1.54. The van der Waals surface area contributed by atoms with Gasteiger partial charge in [0, 0.05) is 0 Å². The van der Waals surface area contributed by atoms with E-state index in [9.17, 15) is 0 Å². The van der Waals surface area contributed by atoms with Gasteiger partial charge < -0.3 is 9.84 Å². The molecule has 1 aromatic rings. The van der Waals surface area contributed by atoms with Gasteiger partial charge in [0.25, 0.3) is 0 Å². The predicted octanol–water partition coefficient (Wildman–Crippen LogP) is 1.06. The average molecular weight is 162 g/mol. The van der Waals surface area contributed by atoms with E-state index in [0.29, 0.717) is 5.75 Å². The summed E-state index contributed by atoms with van der Waals surface area (Å²) in [5.41, 5.74) is 0.947. The zero-order valence-corrected chi connectivity index (χ0v) is 6.09. The van der Waals surface area contributed by atoms with E-state index in [1.165, 1.54) is 0 Å². The topological polar surface area (TPSA) is 29.5 Å². The molecule has 0 amide bonds. The van der Waals surface area contributed by atoms with E-state index in [-0.39, 0.29) is 35.3 Å². The number of para-hydroxylation sites is 1. The van der Waals surface area contributed by atoms with Gasteiger partial charge in [-0.3, -0.25) is 0 Å². The Labute approximate surface area is 88.5 Å². The van der Waals surface area contributed by atoms with Crippen LogP contribution in [0.5, 0.6) is 11.5 Å². The van der Waals surface area contributed by atoms with E-state index >= 15 is 0 Å². The van der Waals surface area contributed by atoms with Crippen molar-refractivity contribution in [2.75, 3.05) is 7.11 Å². The van der Waals surface area contributed by atoms with Crippen LogP contribution >= 0.6 is 0 Å². The number of methoxy groups -OCH3 is 1. The average Bonchev–Trinajstić information content (AvgIpc) is 1.88. The Morgan fingerprint density at radius 3 is 2.36 bits per heavy atom. The van der Waals surface area contributed by atoms with Crippen molar-refractivity contribution in [1.82, 2.24) is 0 Å². The quantitative estimate of drug-likeness (QED) is 0.626. The molecule has 0 spiro atoms. The van der Waals surface area contributed by atoms with Gasteiger partial charge in [0.15, 0.2) is 11.5 Å². The number of aryl methyl sites for hydroxylation is 1. The summed E-state index contributed by atoms with van der Waals surface area (Å²) in [5.74, 6) is 0.755. The predicted molar refractivity (Wildman–Crippen MR) is 46.5 cm³/mol. The molecule has 0 unspecified atom stereocenters. The maximum absolute atomic E-state index is 9.17. The molecule has 0 heterocycles. The molecule has 0 atom stereocenters. The molecule has 0 saturated carbocycles. The monoisotopic (exact) mass is 162 g/mol. The van der Waals surface area contributed by atoms with Crippen molar-refractivity contribution in [2.24, 2.45) is 0 Å². The van der Waals surface area contributed by atoms with Crippen LogP contribution in [0.2, 0.25) is 0 Å². The van der Waals surface area contributed by atoms with Crippen LogP contribution in [0.15, 0.2) is 18.2 Å². The van der Waals surface area contributed by atoms with Gasteiger partial charge >= 0.3 is 29.6 Å². The number of benzene rings is 1. The van der Waals surface area contributed by atoms with Crippen LogP contribution in [-0.2, 0) is 0 Å². The molecule has 0 bridgehead atoms. The van der Waals surface area contributed by atoms with E-state index in [1.54, 1.807) is 19.2 Å². The SMILES string of the molecule is COc1c(C)cccc1O.[NaH]. The zero-order valence-electron chi connectivity index (χ0n) is 6.09. The van der Waals surface area contributed by atoms with Crippen molar-refractivity contribution >= 4 is 29.6 Å². The van der Waals surface area contributed by atoms with Crippen molar-refractivity contribution in [3.8, 4) is 11.5 Å². The Bertz CT molecular complexity index is 215. The van der Waals surface area contributed by atoms with Crippen LogP contribution in [0.25, 0.3) is 0 Å². The van der Waals surface area contributed by atoms with Crippen LogP contribution in [-0.4, -0.2) is 41.8 Å². The van der Waals surface area contributed by atoms with Crippen LogP contribution in [0.4, 0.5) is 0 Å². The molecule has 0 aliphatic heterocycles. The summed E-state index contributed by atoms with van der Waals surface area (Å²) < 4.78 is 4.93. The molecule has 0 aliphatic carbocycles. The number of hydrogen-bond acceptors (Lipinski definition) is 2. The minimum absolute atomic E-state index is 0. The number of phenolic OH excluding ortho intramolecular Hbond substituents is 1. The summed E-state index contributed by atoms with van der Waals surface area (Å²) in [6, 6.07) is 5.28. The normalized spacial score (nSPS) is 8.55. The molecular weight excluding hydrogens is 151 g/mol. The molecule has 1 rings (SSSR count). The van der Waals surface area contributed by atoms with Gasteiger partial charge in [-0.1, -0.05) is 12.1 Å². The Balaban J connectivity index is 0.000001000. The van der Waals surface area contributed by atoms with Gasteiger partial charge in [0.2, 0.25) is 0 Å². The van der Waals surface area contributed by atoms with Gasteiger partial charge in [-0.05, 0) is 18.6 Å². The number of ether oxygens (including phenoxy) is 1. The number of hydrogen-bond donors (Lipinski definition) is 1. The Morgan fingerprint density at radius 1 is 1.36 bits per heavy atom. The van der Waals surface area contributed by atoms with E-state index in [2.05, 4.69) is 0 Å². The first-order chi connectivity index (χ1) is 4.75. The summed E-state index contributed by atoms with van der Waals surface area (Å²) in [6.07, 6.45) is 0. The standard InChI is InChI=1S/C8H10O2.Na.H/c1-6-4-3-5-7(9)8(6)10-2;;/h3-5,9H,1-2H3;;. The summed E-state index contributed by atoms with van der Waals surface area (Å²) in [6.45, 7) is 1.89. The molecule has 0 radical (unpaired) electrons. The van der Waals surface area contributed by atoms with Crippen LogP contribution in [0.1, 0.15) is 5.56 Å². The van der Waals surface area contributed by atoms with Gasteiger partial charge in [-0.2, -0.15) is 0 Å². The molecule has 1 N–H and O–H groups in total. The van der Waals surface area contributed by atoms with Gasteiger partial charge in [-0.15, -0.1) is 0 Å². The third-order valence-electron chi connectivity index (χ3n) is 1.40. The van der Waals surface area contributed by atoms with Crippen molar-refractivity contribution in [3.63, 3.8) is 0 Å². The van der Waals surface area contributed by atoms with Crippen LogP contribution in [0.3, 0.4) is 0 Å². The summed E-state index contributed by atoms with van der Waals surface area (Å²) in [5, 5.41) is 9.17. The fourth-order valence-electron chi connectivity index (χ4n) is 0.903. The van der Waals surface area contributed by atoms with Crippen molar-refractivity contribution < 1.29 is 9.84 Å². The second-order valence-electron chi connectivity index (χ2n) is 2.13. The molecule has 0 fully saturated rings. The first-order valence-electron chi connectivity index (χ1n) is 3.08.